The van der Waals surface area contributed by atoms with Crippen molar-refractivity contribution >= 4 is 11.0 Å². The average Bonchev–Trinajstić information content (AvgIpc) is 2.94. The average molecular weight is 298 g/mol. The van der Waals surface area contributed by atoms with Gasteiger partial charge in [0.2, 0.25) is 0 Å². The van der Waals surface area contributed by atoms with E-state index in [2.05, 4.69) is 27.0 Å². The fourth-order valence-electron chi connectivity index (χ4n) is 1.96. The van der Waals surface area contributed by atoms with E-state index in [0.29, 0.717) is 18.7 Å². The van der Waals surface area contributed by atoms with Crippen LogP contribution in [0.3, 0.4) is 0 Å². The number of aromatic nitrogens is 4. The molecule has 3 aromatic rings. The number of hydrogen-bond acceptors (Lipinski definition) is 3. The van der Waals surface area contributed by atoms with Crippen LogP contribution in [-0.2, 0) is 6.54 Å². The molecule has 6 heteroatoms. The summed E-state index contributed by atoms with van der Waals surface area (Å²) < 4.78 is 25.1. The molecule has 2 heterocycles. The van der Waals surface area contributed by atoms with E-state index in [1.807, 2.05) is 24.3 Å². The summed E-state index contributed by atoms with van der Waals surface area (Å²) in [5, 5.41) is 8.64. The molecule has 1 aromatic carbocycles. The van der Waals surface area contributed by atoms with Gasteiger partial charge in [0.1, 0.15) is 22.4 Å². The lowest BCUT2D eigenvalue weighted by atomic mass is 10.3. The van der Waals surface area contributed by atoms with Gasteiger partial charge in [-0.3, -0.25) is 0 Å². The second-order valence-electron chi connectivity index (χ2n) is 4.58. The fourth-order valence-corrected chi connectivity index (χ4v) is 1.96. The van der Waals surface area contributed by atoms with Gasteiger partial charge < -0.3 is 0 Å². The topological polar surface area (TPSA) is 43.6 Å². The maximum atomic E-state index is 12.5. The zero-order chi connectivity index (χ0) is 15.4. The van der Waals surface area contributed by atoms with Crippen molar-refractivity contribution in [2.24, 2.45) is 0 Å². The number of rotatable bonds is 3. The first kappa shape index (κ1) is 14.1. The molecule has 0 spiro atoms. The number of pyridine rings is 1. The van der Waals surface area contributed by atoms with Crippen LogP contribution in [0.1, 0.15) is 24.2 Å². The molecular formula is C16H12F2N4. The molecule has 4 nitrogen and oxygen atoms in total. The Bertz CT molecular complexity index is 813. The third-order valence-electron chi connectivity index (χ3n) is 2.98. The molecule has 0 N–H and O–H groups in total. The Labute approximate surface area is 125 Å². The molecule has 0 amide bonds. The molecule has 110 valence electrons. The SMILES string of the molecule is FC(F)c1cccc(C#CCCn2nc3ccccc3n2)n1. The van der Waals surface area contributed by atoms with E-state index in [4.69, 9.17) is 0 Å². The number of alkyl halides is 2. The lowest BCUT2D eigenvalue weighted by Crippen LogP contribution is -2.01. The molecule has 2 aromatic heterocycles. The predicted octanol–water partition coefficient (Wildman–Crippen LogP) is 3.21. The van der Waals surface area contributed by atoms with Gasteiger partial charge in [-0.15, -0.1) is 0 Å². The first-order chi connectivity index (χ1) is 10.7. The van der Waals surface area contributed by atoms with Crippen molar-refractivity contribution in [1.29, 1.82) is 0 Å². The van der Waals surface area contributed by atoms with Crippen LogP contribution in [-0.4, -0.2) is 20.0 Å². The van der Waals surface area contributed by atoms with E-state index < -0.39 is 6.43 Å². The highest BCUT2D eigenvalue weighted by Gasteiger charge is 2.07. The van der Waals surface area contributed by atoms with Crippen LogP contribution < -0.4 is 0 Å². The van der Waals surface area contributed by atoms with Crippen molar-refractivity contribution in [2.75, 3.05) is 0 Å². The van der Waals surface area contributed by atoms with Gasteiger partial charge in [0, 0.05) is 6.42 Å². The van der Waals surface area contributed by atoms with Crippen LogP contribution in [0.2, 0.25) is 0 Å². The lowest BCUT2D eigenvalue weighted by Gasteiger charge is -1.97. The lowest BCUT2D eigenvalue weighted by molar-refractivity contribution is 0.146. The Morgan fingerprint density at radius 3 is 2.41 bits per heavy atom. The first-order valence-electron chi connectivity index (χ1n) is 6.76. The van der Waals surface area contributed by atoms with Gasteiger partial charge in [0.15, 0.2) is 0 Å². The monoisotopic (exact) mass is 298 g/mol. The fraction of sp³-hybridized carbons (Fsp3) is 0.188. The molecule has 0 aliphatic carbocycles. The Morgan fingerprint density at radius 1 is 1.00 bits per heavy atom. The molecule has 0 fully saturated rings. The number of nitrogens with zero attached hydrogens (tertiary/aromatic N) is 4. The van der Waals surface area contributed by atoms with E-state index in [1.54, 1.807) is 10.9 Å². The van der Waals surface area contributed by atoms with Crippen molar-refractivity contribution in [3.05, 3.63) is 53.9 Å². The molecule has 0 radical (unpaired) electrons. The Hall–Kier alpha value is -2.81. The number of fused-ring (bicyclic) bond motifs is 1. The highest BCUT2D eigenvalue weighted by molar-refractivity contribution is 5.72. The molecule has 22 heavy (non-hydrogen) atoms. The molecule has 0 unspecified atom stereocenters. The summed E-state index contributed by atoms with van der Waals surface area (Å²) in [6.45, 7) is 0.538. The maximum Gasteiger partial charge on any atom is 0.280 e. The van der Waals surface area contributed by atoms with Crippen molar-refractivity contribution in [3.63, 3.8) is 0 Å². The molecule has 0 saturated carbocycles. The van der Waals surface area contributed by atoms with Crippen molar-refractivity contribution in [2.45, 2.75) is 19.4 Å². The quantitative estimate of drug-likeness (QED) is 0.697. The predicted molar refractivity (Wildman–Crippen MR) is 78.2 cm³/mol. The number of benzene rings is 1. The van der Waals surface area contributed by atoms with Gasteiger partial charge in [-0.05, 0) is 30.2 Å². The van der Waals surface area contributed by atoms with E-state index in [0.717, 1.165) is 11.0 Å². The maximum absolute atomic E-state index is 12.5. The highest BCUT2D eigenvalue weighted by Crippen LogP contribution is 2.15. The van der Waals surface area contributed by atoms with E-state index in [9.17, 15) is 8.78 Å². The van der Waals surface area contributed by atoms with Crippen LogP contribution in [0.5, 0.6) is 0 Å². The molecule has 0 aliphatic heterocycles. The van der Waals surface area contributed by atoms with Crippen molar-refractivity contribution < 1.29 is 8.78 Å². The largest absolute Gasteiger partial charge is 0.280 e. The van der Waals surface area contributed by atoms with Gasteiger partial charge in [0.25, 0.3) is 6.43 Å². The van der Waals surface area contributed by atoms with Crippen molar-refractivity contribution in [1.82, 2.24) is 20.0 Å². The van der Waals surface area contributed by atoms with Gasteiger partial charge in [-0.1, -0.05) is 24.1 Å². The first-order valence-corrected chi connectivity index (χ1v) is 6.76. The smallest absolute Gasteiger partial charge is 0.238 e. The molecule has 0 bridgehead atoms. The molecule has 0 atom stereocenters. The van der Waals surface area contributed by atoms with Crippen LogP contribution in [0, 0.1) is 11.8 Å². The summed E-state index contributed by atoms with van der Waals surface area (Å²) >= 11 is 0. The van der Waals surface area contributed by atoms with Gasteiger partial charge in [-0.25, -0.2) is 13.8 Å². The number of hydrogen-bond donors (Lipinski definition) is 0. The van der Waals surface area contributed by atoms with Crippen LogP contribution in [0.4, 0.5) is 8.78 Å². The Morgan fingerprint density at radius 2 is 1.73 bits per heavy atom. The summed E-state index contributed by atoms with van der Waals surface area (Å²) in [7, 11) is 0. The zero-order valence-corrected chi connectivity index (χ0v) is 11.6. The minimum atomic E-state index is -2.58. The third kappa shape index (κ3) is 3.26. The van der Waals surface area contributed by atoms with Crippen LogP contribution >= 0.6 is 0 Å². The second kappa shape index (κ2) is 6.31. The second-order valence-corrected chi connectivity index (χ2v) is 4.58. The van der Waals surface area contributed by atoms with E-state index in [1.165, 1.54) is 12.1 Å². The molecular weight excluding hydrogens is 286 g/mol. The van der Waals surface area contributed by atoms with Gasteiger partial charge >= 0.3 is 0 Å². The summed E-state index contributed by atoms with van der Waals surface area (Å²) in [6, 6.07) is 12.0. The van der Waals surface area contributed by atoms with Crippen molar-refractivity contribution in [3.8, 4) is 11.8 Å². The zero-order valence-electron chi connectivity index (χ0n) is 11.6. The summed E-state index contributed by atoms with van der Waals surface area (Å²) in [4.78, 5) is 5.38. The summed E-state index contributed by atoms with van der Waals surface area (Å²) in [6.07, 6.45) is -2.07. The van der Waals surface area contributed by atoms with Gasteiger partial charge in [0.05, 0.1) is 6.54 Å². The number of aryl methyl sites for hydroxylation is 1. The van der Waals surface area contributed by atoms with E-state index >= 15 is 0 Å². The van der Waals surface area contributed by atoms with Gasteiger partial charge in [-0.2, -0.15) is 15.0 Å². The summed E-state index contributed by atoms with van der Waals surface area (Å²) in [5.74, 6) is 5.68. The highest BCUT2D eigenvalue weighted by atomic mass is 19.3. The third-order valence-corrected chi connectivity index (χ3v) is 2.98. The molecule has 0 aliphatic rings. The standard InChI is InChI=1S/C16H12F2N4/c17-16(18)15-10-5-7-12(19-15)6-3-4-11-22-20-13-8-1-2-9-14(13)21-22/h1-2,5,7-10,16H,4,11H2. The molecule has 3 rings (SSSR count). The summed E-state index contributed by atoms with van der Waals surface area (Å²) in [5.41, 5.74) is 1.76. The Kier molecular flexibility index (Phi) is 4.05. The van der Waals surface area contributed by atoms with E-state index in [-0.39, 0.29) is 5.69 Å². The Balaban J connectivity index is 1.65. The number of halogens is 2. The molecule has 0 saturated heterocycles. The normalized spacial score (nSPS) is 10.7. The van der Waals surface area contributed by atoms with Crippen LogP contribution in [0.15, 0.2) is 42.5 Å². The van der Waals surface area contributed by atoms with Crippen LogP contribution in [0.25, 0.3) is 11.0 Å². The minimum absolute atomic E-state index is 0.258. The minimum Gasteiger partial charge on any atom is -0.238 e.